The van der Waals surface area contributed by atoms with E-state index >= 15 is 0 Å². The molecule has 0 fully saturated rings. The van der Waals surface area contributed by atoms with Crippen molar-refractivity contribution in [3.63, 3.8) is 0 Å². The summed E-state index contributed by atoms with van der Waals surface area (Å²) in [7, 11) is 0. The van der Waals surface area contributed by atoms with E-state index in [-0.39, 0.29) is 11.3 Å². The molecule has 0 saturated heterocycles. The fraction of sp³-hybridized carbons (Fsp3) is 0.158. The van der Waals surface area contributed by atoms with Crippen LogP contribution in [-0.4, -0.2) is 11.0 Å². The minimum atomic E-state index is -0.508. The number of carbonyl (C=O) groups excluding carboxylic acids is 1. The van der Waals surface area contributed by atoms with Gasteiger partial charge in [0.25, 0.3) is 5.91 Å². The highest BCUT2D eigenvalue weighted by Gasteiger charge is 2.12. The highest BCUT2D eigenvalue weighted by Crippen LogP contribution is 2.25. The number of nitrogens with zero attached hydrogens (tertiary/aromatic N) is 1. The van der Waals surface area contributed by atoms with Gasteiger partial charge in [0, 0.05) is 10.7 Å². The highest BCUT2D eigenvalue weighted by atomic mass is 35.5. The van der Waals surface area contributed by atoms with Crippen molar-refractivity contribution in [1.82, 2.24) is 0 Å². The number of hydrogen-bond donors (Lipinski definition) is 2. The van der Waals surface area contributed by atoms with Crippen molar-refractivity contribution in [3.05, 3.63) is 63.2 Å². The predicted molar refractivity (Wildman–Crippen MR) is 96.0 cm³/mol. The number of phenolic OH excluding ortho intramolecular Hbond substituents is 1. The van der Waals surface area contributed by atoms with Crippen LogP contribution in [-0.2, 0) is 4.79 Å². The largest absolute Gasteiger partial charge is 0.507 e. The first-order valence-electron chi connectivity index (χ1n) is 7.31. The maximum Gasteiger partial charge on any atom is 0.266 e. The first kappa shape index (κ1) is 17.6. The van der Waals surface area contributed by atoms with Crippen molar-refractivity contribution in [3.8, 4) is 11.8 Å². The molecule has 2 aromatic carbocycles. The number of anilines is 1. The van der Waals surface area contributed by atoms with E-state index < -0.39 is 5.91 Å². The van der Waals surface area contributed by atoms with Gasteiger partial charge in [-0.3, -0.25) is 4.79 Å². The van der Waals surface area contributed by atoms with Crippen LogP contribution < -0.4 is 5.32 Å². The summed E-state index contributed by atoms with van der Waals surface area (Å²) >= 11 is 5.94. The van der Waals surface area contributed by atoms with Gasteiger partial charge in [-0.2, -0.15) is 5.26 Å². The lowest BCUT2D eigenvalue weighted by Gasteiger charge is -2.09. The number of amides is 1. The van der Waals surface area contributed by atoms with Gasteiger partial charge in [0.1, 0.15) is 17.4 Å². The van der Waals surface area contributed by atoms with Crippen LogP contribution >= 0.6 is 11.6 Å². The molecule has 0 aliphatic rings. The van der Waals surface area contributed by atoms with Crippen LogP contribution in [0.3, 0.4) is 0 Å². The maximum absolute atomic E-state index is 12.4. The lowest BCUT2D eigenvalue weighted by atomic mass is 10.0. The van der Waals surface area contributed by atoms with E-state index in [1.165, 1.54) is 6.08 Å². The number of aryl methyl sites for hydroxylation is 3. The van der Waals surface area contributed by atoms with Crippen LogP contribution in [0.5, 0.6) is 5.75 Å². The van der Waals surface area contributed by atoms with E-state index in [0.717, 1.165) is 5.56 Å². The number of nitrogens with one attached hydrogen (secondary N) is 1. The first-order chi connectivity index (χ1) is 11.3. The van der Waals surface area contributed by atoms with Crippen molar-refractivity contribution < 1.29 is 9.90 Å². The standard InChI is InChI=1S/C19H17ClN2O2/c1-11-4-5-16(20)9-17(11)22-19(24)15(10-21)8-14-6-12(2)18(23)13(3)7-14/h4-9,23H,1-3H3,(H,22,24)/b15-8+. The SMILES string of the molecule is Cc1ccc(Cl)cc1NC(=O)/C(C#N)=C/c1cc(C)c(O)c(C)c1. The lowest BCUT2D eigenvalue weighted by molar-refractivity contribution is -0.112. The van der Waals surface area contributed by atoms with E-state index in [4.69, 9.17) is 11.6 Å². The van der Waals surface area contributed by atoms with Crippen LogP contribution in [0, 0.1) is 32.1 Å². The minimum Gasteiger partial charge on any atom is -0.507 e. The molecule has 0 bridgehead atoms. The second kappa shape index (κ2) is 7.20. The molecule has 0 aromatic heterocycles. The molecule has 1 amide bonds. The first-order valence-corrected chi connectivity index (χ1v) is 7.69. The summed E-state index contributed by atoms with van der Waals surface area (Å²) in [5.41, 5.74) is 3.43. The summed E-state index contributed by atoms with van der Waals surface area (Å²) in [6.07, 6.45) is 1.49. The molecule has 2 rings (SSSR count). The third-order valence-electron chi connectivity index (χ3n) is 3.64. The number of aromatic hydroxyl groups is 1. The van der Waals surface area contributed by atoms with E-state index in [9.17, 15) is 15.2 Å². The van der Waals surface area contributed by atoms with Crippen LogP contribution in [0.1, 0.15) is 22.3 Å². The second-order valence-electron chi connectivity index (χ2n) is 5.59. The lowest BCUT2D eigenvalue weighted by Crippen LogP contribution is -2.14. The summed E-state index contributed by atoms with van der Waals surface area (Å²) in [6.45, 7) is 5.37. The fourth-order valence-electron chi connectivity index (χ4n) is 2.31. The zero-order valence-corrected chi connectivity index (χ0v) is 14.4. The zero-order chi connectivity index (χ0) is 17.9. The quantitative estimate of drug-likeness (QED) is 0.637. The van der Waals surface area contributed by atoms with Gasteiger partial charge in [-0.15, -0.1) is 0 Å². The summed E-state index contributed by atoms with van der Waals surface area (Å²) in [5.74, 6) is -0.295. The zero-order valence-electron chi connectivity index (χ0n) is 13.6. The molecule has 0 spiro atoms. The Labute approximate surface area is 146 Å². The van der Waals surface area contributed by atoms with Gasteiger partial charge in [-0.1, -0.05) is 17.7 Å². The molecule has 4 nitrogen and oxygen atoms in total. The smallest absolute Gasteiger partial charge is 0.266 e. The number of carbonyl (C=O) groups is 1. The summed E-state index contributed by atoms with van der Waals surface area (Å²) in [5, 5.41) is 22.3. The third kappa shape index (κ3) is 3.95. The number of nitriles is 1. The highest BCUT2D eigenvalue weighted by molar-refractivity contribution is 6.31. The summed E-state index contributed by atoms with van der Waals surface area (Å²) in [4.78, 5) is 12.4. The molecule has 0 aliphatic heterocycles. The molecule has 5 heteroatoms. The number of hydrogen-bond acceptors (Lipinski definition) is 3. The van der Waals surface area contributed by atoms with Crippen LogP contribution in [0.4, 0.5) is 5.69 Å². The van der Waals surface area contributed by atoms with E-state index in [1.54, 1.807) is 44.2 Å². The van der Waals surface area contributed by atoms with Crippen molar-refractivity contribution >= 4 is 29.3 Å². The van der Waals surface area contributed by atoms with Gasteiger partial charge in [-0.05, 0) is 73.4 Å². The third-order valence-corrected chi connectivity index (χ3v) is 3.87. The van der Waals surface area contributed by atoms with Crippen molar-refractivity contribution in [2.45, 2.75) is 20.8 Å². The molecule has 24 heavy (non-hydrogen) atoms. The Morgan fingerprint density at radius 2 is 1.79 bits per heavy atom. The van der Waals surface area contributed by atoms with Gasteiger partial charge < -0.3 is 10.4 Å². The Morgan fingerprint density at radius 1 is 1.17 bits per heavy atom. The summed E-state index contributed by atoms with van der Waals surface area (Å²) in [6, 6.07) is 10.5. The number of halogens is 1. The molecule has 2 aromatic rings. The van der Waals surface area contributed by atoms with Gasteiger partial charge in [0.2, 0.25) is 0 Å². The van der Waals surface area contributed by atoms with Crippen molar-refractivity contribution in [2.75, 3.05) is 5.32 Å². The van der Waals surface area contributed by atoms with E-state index in [1.807, 2.05) is 13.0 Å². The molecular weight excluding hydrogens is 324 g/mol. The predicted octanol–water partition coefficient (Wildman–Crippen LogP) is 4.52. The van der Waals surface area contributed by atoms with Crippen LogP contribution in [0.25, 0.3) is 6.08 Å². The van der Waals surface area contributed by atoms with Crippen molar-refractivity contribution in [1.29, 1.82) is 5.26 Å². The van der Waals surface area contributed by atoms with Gasteiger partial charge in [0.15, 0.2) is 0 Å². The Morgan fingerprint density at radius 3 is 2.38 bits per heavy atom. The number of benzene rings is 2. The van der Waals surface area contributed by atoms with Gasteiger partial charge >= 0.3 is 0 Å². The Kier molecular flexibility index (Phi) is 5.28. The topological polar surface area (TPSA) is 73.1 Å². The minimum absolute atomic E-state index is 0.0288. The van der Waals surface area contributed by atoms with Crippen LogP contribution in [0.2, 0.25) is 5.02 Å². The molecule has 2 N–H and O–H groups in total. The summed E-state index contributed by atoms with van der Waals surface area (Å²) < 4.78 is 0. The number of rotatable bonds is 3. The molecule has 0 radical (unpaired) electrons. The molecule has 0 unspecified atom stereocenters. The monoisotopic (exact) mass is 340 g/mol. The Hall–Kier alpha value is -2.77. The molecule has 0 heterocycles. The van der Waals surface area contributed by atoms with Gasteiger partial charge in [-0.25, -0.2) is 0 Å². The maximum atomic E-state index is 12.4. The van der Waals surface area contributed by atoms with E-state index in [2.05, 4.69) is 5.32 Å². The average Bonchev–Trinajstić information content (AvgIpc) is 2.53. The normalized spacial score (nSPS) is 11.0. The number of phenols is 1. The molecular formula is C19H17ClN2O2. The average molecular weight is 341 g/mol. The van der Waals surface area contributed by atoms with E-state index in [0.29, 0.717) is 27.4 Å². The Bertz CT molecular complexity index is 856. The molecule has 0 aliphatic carbocycles. The Balaban J connectivity index is 2.32. The van der Waals surface area contributed by atoms with Gasteiger partial charge in [0.05, 0.1) is 0 Å². The van der Waals surface area contributed by atoms with Crippen LogP contribution in [0.15, 0.2) is 35.9 Å². The molecule has 0 atom stereocenters. The molecule has 122 valence electrons. The second-order valence-corrected chi connectivity index (χ2v) is 6.02. The van der Waals surface area contributed by atoms with Crippen molar-refractivity contribution in [2.24, 2.45) is 0 Å². The molecule has 0 saturated carbocycles. The fourth-order valence-corrected chi connectivity index (χ4v) is 2.48.